The number of nitrogens with two attached hydrogens (primary N) is 1. The van der Waals surface area contributed by atoms with Crippen LogP contribution in [0.25, 0.3) is 0 Å². The van der Waals surface area contributed by atoms with E-state index in [0.717, 1.165) is 32.1 Å². The van der Waals surface area contributed by atoms with E-state index in [4.69, 9.17) is 15.6 Å². The molecule has 1 saturated heterocycles. The Morgan fingerprint density at radius 3 is 2.53 bits per heavy atom. The van der Waals surface area contributed by atoms with Crippen molar-refractivity contribution in [2.45, 2.75) is 38.1 Å². The molecule has 108 valence electrons. The van der Waals surface area contributed by atoms with Crippen LogP contribution < -0.4 is 11.1 Å². The fourth-order valence-corrected chi connectivity index (χ4v) is 3.01. The largest absolute Gasteiger partial charge is 0.481 e. The Morgan fingerprint density at radius 1 is 1.26 bits per heavy atom. The molecule has 1 heterocycles. The molecule has 0 aromatic heterocycles. The van der Waals surface area contributed by atoms with Gasteiger partial charge in [0.15, 0.2) is 0 Å². The Labute approximate surface area is 112 Å². The Balaban J connectivity index is 2.01. The standard InChI is InChI=1S/C13H22N2O4/c14-8-13(4-2-1-3-5-13)12(18)15-10-7-19-6-9(10)11(16)17/h9-10H,1-8,14H2,(H,15,18)(H,16,17). The van der Waals surface area contributed by atoms with Gasteiger partial charge in [0.05, 0.1) is 24.7 Å². The van der Waals surface area contributed by atoms with Gasteiger partial charge in [0, 0.05) is 6.54 Å². The minimum atomic E-state index is -0.923. The van der Waals surface area contributed by atoms with Gasteiger partial charge in [-0.25, -0.2) is 0 Å². The van der Waals surface area contributed by atoms with Crippen LogP contribution in [0.3, 0.4) is 0 Å². The lowest BCUT2D eigenvalue weighted by Gasteiger charge is -2.35. The highest BCUT2D eigenvalue weighted by atomic mass is 16.5. The summed E-state index contributed by atoms with van der Waals surface area (Å²) in [6.45, 7) is 0.753. The predicted molar refractivity (Wildman–Crippen MR) is 68.4 cm³/mol. The van der Waals surface area contributed by atoms with E-state index in [2.05, 4.69) is 5.32 Å². The first-order valence-corrected chi connectivity index (χ1v) is 6.91. The maximum Gasteiger partial charge on any atom is 0.311 e. The number of hydrogen-bond donors (Lipinski definition) is 3. The molecule has 2 rings (SSSR count). The second-order valence-electron chi connectivity index (χ2n) is 5.61. The molecule has 1 aliphatic heterocycles. The van der Waals surface area contributed by atoms with Gasteiger partial charge < -0.3 is 20.9 Å². The van der Waals surface area contributed by atoms with E-state index in [-0.39, 0.29) is 19.1 Å². The third-order valence-corrected chi connectivity index (χ3v) is 4.40. The van der Waals surface area contributed by atoms with Crippen LogP contribution in [0.2, 0.25) is 0 Å². The van der Waals surface area contributed by atoms with Gasteiger partial charge in [-0.3, -0.25) is 9.59 Å². The number of rotatable bonds is 4. The molecule has 6 nitrogen and oxygen atoms in total. The first-order valence-electron chi connectivity index (χ1n) is 6.91. The molecule has 0 spiro atoms. The van der Waals surface area contributed by atoms with Crippen molar-refractivity contribution in [1.29, 1.82) is 0 Å². The molecule has 2 fully saturated rings. The quantitative estimate of drug-likeness (QED) is 0.673. The number of carboxylic acid groups (broad SMARTS) is 1. The molecular weight excluding hydrogens is 248 g/mol. The van der Waals surface area contributed by atoms with Crippen molar-refractivity contribution in [3.8, 4) is 0 Å². The van der Waals surface area contributed by atoms with Gasteiger partial charge in [0.1, 0.15) is 5.92 Å². The minimum absolute atomic E-state index is 0.101. The maximum atomic E-state index is 12.4. The molecule has 4 N–H and O–H groups in total. The lowest BCUT2D eigenvalue weighted by atomic mass is 9.73. The van der Waals surface area contributed by atoms with Crippen LogP contribution in [0.15, 0.2) is 0 Å². The van der Waals surface area contributed by atoms with Gasteiger partial charge in [-0.2, -0.15) is 0 Å². The third kappa shape index (κ3) is 2.90. The molecule has 1 saturated carbocycles. The van der Waals surface area contributed by atoms with Gasteiger partial charge in [0.2, 0.25) is 5.91 Å². The topological polar surface area (TPSA) is 102 Å². The molecule has 1 aliphatic carbocycles. The van der Waals surface area contributed by atoms with E-state index in [1.165, 1.54) is 0 Å². The van der Waals surface area contributed by atoms with Crippen molar-refractivity contribution >= 4 is 11.9 Å². The molecule has 2 aliphatic rings. The summed E-state index contributed by atoms with van der Waals surface area (Å²) in [5.74, 6) is -1.67. The summed E-state index contributed by atoms with van der Waals surface area (Å²) in [5.41, 5.74) is 5.29. The second kappa shape index (κ2) is 5.88. The molecule has 0 aromatic rings. The van der Waals surface area contributed by atoms with Gasteiger partial charge in [-0.15, -0.1) is 0 Å². The minimum Gasteiger partial charge on any atom is -0.481 e. The lowest BCUT2D eigenvalue weighted by molar-refractivity contribution is -0.142. The zero-order chi connectivity index (χ0) is 13.9. The van der Waals surface area contributed by atoms with Crippen molar-refractivity contribution in [2.24, 2.45) is 17.1 Å². The van der Waals surface area contributed by atoms with Gasteiger partial charge >= 0.3 is 5.97 Å². The van der Waals surface area contributed by atoms with E-state index < -0.39 is 23.3 Å². The monoisotopic (exact) mass is 270 g/mol. The number of ether oxygens (including phenoxy) is 1. The average Bonchev–Trinajstić information content (AvgIpc) is 2.87. The molecule has 0 aromatic carbocycles. The summed E-state index contributed by atoms with van der Waals surface area (Å²) in [6.07, 6.45) is 4.74. The van der Waals surface area contributed by atoms with Crippen molar-refractivity contribution in [3.63, 3.8) is 0 Å². The van der Waals surface area contributed by atoms with E-state index in [9.17, 15) is 9.59 Å². The maximum absolute atomic E-state index is 12.4. The van der Waals surface area contributed by atoms with Crippen molar-refractivity contribution in [1.82, 2.24) is 5.32 Å². The molecule has 1 amide bonds. The number of carbonyl (C=O) groups excluding carboxylic acids is 1. The number of nitrogens with one attached hydrogen (secondary N) is 1. The summed E-state index contributed by atoms with van der Waals surface area (Å²) < 4.78 is 5.16. The SMILES string of the molecule is NCC1(C(=O)NC2COCC2C(=O)O)CCCCC1. The molecule has 19 heavy (non-hydrogen) atoms. The van der Waals surface area contributed by atoms with Gasteiger partial charge in [-0.1, -0.05) is 19.3 Å². The van der Waals surface area contributed by atoms with Crippen LogP contribution in [-0.4, -0.2) is 42.8 Å². The van der Waals surface area contributed by atoms with Crippen molar-refractivity contribution in [2.75, 3.05) is 19.8 Å². The first-order chi connectivity index (χ1) is 9.09. The lowest BCUT2D eigenvalue weighted by Crippen LogP contribution is -2.52. The molecule has 0 radical (unpaired) electrons. The zero-order valence-corrected chi connectivity index (χ0v) is 11.1. The Bertz CT molecular complexity index is 353. The number of carboxylic acids is 1. The highest BCUT2D eigenvalue weighted by molar-refractivity contribution is 5.84. The molecule has 6 heteroatoms. The summed E-state index contributed by atoms with van der Waals surface area (Å²) in [7, 11) is 0. The van der Waals surface area contributed by atoms with Crippen molar-refractivity contribution < 1.29 is 19.4 Å². The van der Waals surface area contributed by atoms with Crippen LogP contribution in [0, 0.1) is 11.3 Å². The van der Waals surface area contributed by atoms with Crippen LogP contribution in [-0.2, 0) is 14.3 Å². The summed E-state index contributed by atoms with van der Waals surface area (Å²) >= 11 is 0. The molecular formula is C13H22N2O4. The average molecular weight is 270 g/mol. The van der Waals surface area contributed by atoms with Gasteiger partial charge in [0.25, 0.3) is 0 Å². The Hall–Kier alpha value is -1.14. The zero-order valence-electron chi connectivity index (χ0n) is 11.1. The van der Waals surface area contributed by atoms with Gasteiger partial charge in [-0.05, 0) is 12.8 Å². The van der Waals surface area contributed by atoms with Crippen LogP contribution >= 0.6 is 0 Å². The van der Waals surface area contributed by atoms with Crippen molar-refractivity contribution in [3.05, 3.63) is 0 Å². The van der Waals surface area contributed by atoms with E-state index >= 15 is 0 Å². The van der Waals surface area contributed by atoms with Crippen LogP contribution in [0.4, 0.5) is 0 Å². The number of aliphatic carboxylic acids is 1. The third-order valence-electron chi connectivity index (χ3n) is 4.40. The normalized spacial score (nSPS) is 29.9. The van der Waals surface area contributed by atoms with E-state index in [0.29, 0.717) is 6.54 Å². The number of hydrogen-bond acceptors (Lipinski definition) is 4. The van der Waals surface area contributed by atoms with Crippen LogP contribution in [0.1, 0.15) is 32.1 Å². The predicted octanol–water partition coefficient (Wildman–Crippen LogP) is 0.111. The number of carbonyl (C=O) groups is 2. The molecule has 2 unspecified atom stereocenters. The van der Waals surface area contributed by atoms with E-state index in [1.54, 1.807) is 0 Å². The van der Waals surface area contributed by atoms with E-state index in [1.807, 2.05) is 0 Å². The summed E-state index contributed by atoms with van der Waals surface area (Å²) in [5, 5.41) is 11.9. The Kier molecular flexibility index (Phi) is 4.42. The smallest absolute Gasteiger partial charge is 0.311 e. The summed E-state index contributed by atoms with van der Waals surface area (Å²) in [6, 6.07) is -0.435. The fourth-order valence-electron chi connectivity index (χ4n) is 3.01. The highest BCUT2D eigenvalue weighted by Gasteiger charge is 2.42. The first kappa shape index (κ1) is 14.3. The Morgan fingerprint density at radius 2 is 1.95 bits per heavy atom. The highest BCUT2D eigenvalue weighted by Crippen LogP contribution is 2.36. The molecule has 2 atom stereocenters. The summed E-state index contributed by atoms with van der Waals surface area (Å²) in [4.78, 5) is 23.5. The molecule has 0 bridgehead atoms. The number of amides is 1. The van der Waals surface area contributed by atoms with Crippen LogP contribution in [0.5, 0.6) is 0 Å². The fraction of sp³-hybridized carbons (Fsp3) is 0.846. The second-order valence-corrected chi connectivity index (χ2v) is 5.61.